The molecule has 0 bridgehead atoms. The van der Waals surface area contributed by atoms with Gasteiger partial charge in [0.25, 0.3) is 0 Å². The number of hydrogen-bond donors (Lipinski definition) is 1. The van der Waals surface area contributed by atoms with Gasteiger partial charge in [-0.2, -0.15) is 0 Å². The van der Waals surface area contributed by atoms with E-state index >= 15 is 0 Å². The molecule has 13 heavy (non-hydrogen) atoms. The first kappa shape index (κ1) is 24.5. The van der Waals surface area contributed by atoms with Crippen LogP contribution in [0.3, 0.4) is 0 Å². The number of allylic oxidation sites excluding steroid dienone is 4. The van der Waals surface area contributed by atoms with Crippen molar-refractivity contribution in [2.75, 3.05) is 0 Å². The largest absolute Gasteiger partial charge is 0 e. The van der Waals surface area contributed by atoms with Crippen LogP contribution in [0.1, 0.15) is 6.42 Å². The summed E-state index contributed by atoms with van der Waals surface area (Å²) in [6.07, 6.45) is 7.39. The number of rotatable bonds is 4. The first-order valence-corrected chi connectivity index (χ1v) is 4.26. The molecule has 0 aromatic heterocycles. The van der Waals surface area contributed by atoms with Gasteiger partial charge < -0.3 is 0 Å². The summed E-state index contributed by atoms with van der Waals surface area (Å²) >= 11 is 1.18. The van der Waals surface area contributed by atoms with Crippen LogP contribution < -0.4 is 0 Å². The molecule has 1 N–H and O–H groups in total. The molecule has 0 aromatic rings. The molecular formula is C7H6O2UVWY-2. The van der Waals surface area contributed by atoms with Gasteiger partial charge in [-0.15, -0.1) is 0 Å². The summed E-state index contributed by atoms with van der Waals surface area (Å²) in [6, 6.07) is 0. The van der Waals surface area contributed by atoms with Crippen LogP contribution in [0.15, 0.2) is 17.9 Å². The Kier molecular flexibility index (Phi) is 37.2. The van der Waals surface area contributed by atoms with Gasteiger partial charge in [0.15, 0.2) is 0 Å². The van der Waals surface area contributed by atoms with E-state index in [0.717, 1.165) is 0 Å². The monoisotopic (exact) mass is 684 g/mol. The second-order valence-corrected chi connectivity index (χ2v) is 2.25. The Morgan fingerprint density at radius 2 is 2.08 bits per heavy atom. The minimum absolute atomic E-state index is 0. The Morgan fingerprint density at radius 3 is 2.46 bits per heavy atom. The number of carbonyl (C=O) groups excluding carboxylic acids is 1. The summed E-state index contributed by atoms with van der Waals surface area (Å²) in [5.74, 6) is 0.202. The second-order valence-electron chi connectivity index (χ2n) is 1.40. The third kappa shape index (κ3) is 20.4. The predicted octanol–water partition coefficient (Wildman–Crippen LogP) is 0.631. The van der Waals surface area contributed by atoms with Crippen LogP contribution in [0.4, 0.5) is 0 Å². The molecule has 0 saturated heterocycles. The molecular weight excluding hydrogens is 678 g/mol. The van der Waals surface area contributed by atoms with E-state index in [1.165, 1.54) is 31.5 Å². The quantitative estimate of drug-likeness (QED) is 0.269. The summed E-state index contributed by atoms with van der Waals surface area (Å²) in [5.41, 5.74) is 0. The van der Waals surface area contributed by atoms with Crippen molar-refractivity contribution in [3.8, 4) is 0 Å². The zero-order chi connectivity index (χ0) is 7.82. The molecule has 0 aliphatic rings. The first-order valence-electron chi connectivity index (χ1n) is 2.57. The fraction of sp³-hybridized carbons (Fsp3) is 0.143. The predicted molar refractivity (Wildman–Crippen MR) is 34.9 cm³/mol. The summed E-state index contributed by atoms with van der Waals surface area (Å²) in [5, 5.41) is 8.81. The van der Waals surface area contributed by atoms with Crippen LogP contribution in [0, 0.1) is 37.2 Å². The van der Waals surface area contributed by atoms with Crippen LogP contribution in [0.5, 0.6) is 0 Å². The van der Waals surface area contributed by atoms with Crippen molar-refractivity contribution in [1.82, 2.24) is 0 Å². The van der Waals surface area contributed by atoms with Crippen molar-refractivity contribution in [3.63, 3.8) is 0 Å². The average Bonchev–Trinajstić information content (AvgIpc) is 1.98. The Morgan fingerprint density at radius 1 is 1.54 bits per heavy atom. The van der Waals surface area contributed by atoms with E-state index in [0.29, 0.717) is 0 Å². The van der Waals surface area contributed by atoms with Gasteiger partial charge in [-0.25, -0.2) is 0 Å². The standard InChI is InChI=1S/C7H6O2.U.V.W.Y/c1-7(9)5-3-2-4-6-8;;;;/h1,3,5,9H,4H2;;;;/q-2;;;;. The molecule has 0 spiro atoms. The van der Waals surface area contributed by atoms with E-state index in [-0.39, 0.29) is 94.6 Å². The second kappa shape index (κ2) is 19.8. The molecule has 0 fully saturated rings. The van der Waals surface area contributed by atoms with E-state index < -0.39 is 0 Å². The Bertz CT molecular complexity index is 185. The van der Waals surface area contributed by atoms with E-state index in [2.05, 4.69) is 6.08 Å². The van der Waals surface area contributed by atoms with Gasteiger partial charge in [-0.1, -0.05) is 0 Å². The molecule has 0 aliphatic heterocycles. The van der Waals surface area contributed by atoms with E-state index in [1.54, 1.807) is 10.7 Å². The smallest absolute Gasteiger partial charge is 0 e. The third-order valence-corrected chi connectivity index (χ3v) is 1.53. The SMILES string of the molecule is O=[C-]C[C-]=CC=C(O)[CH]=[W].[U].[V].[Y]. The summed E-state index contributed by atoms with van der Waals surface area (Å²) in [7, 11) is 0. The van der Waals surface area contributed by atoms with Crippen molar-refractivity contribution < 1.29 is 112 Å². The average molecular weight is 684 g/mol. The minimum atomic E-state index is 0. The van der Waals surface area contributed by atoms with Crippen LogP contribution in [-0.4, -0.2) is 15.8 Å². The van der Waals surface area contributed by atoms with Gasteiger partial charge in [-0.3, -0.25) is 0 Å². The Labute approximate surface area is 150 Å². The van der Waals surface area contributed by atoms with Crippen molar-refractivity contribution >= 4 is 10.7 Å². The van der Waals surface area contributed by atoms with E-state index in [1.807, 2.05) is 0 Å². The molecule has 2 radical (unpaired) electrons. The first-order chi connectivity index (χ1) is 4.81. The number of aliphatic hydroxyl groups excluding tert-OH is 1. The summed E-state index contributed by atoms with van der Waals surface area (Å²) in [6.45, 7) is 0. The van der Waals surface area contributed by atoms with Gasteiger partial charge in [0, 0.05) is 82.4 Å². The molecule has 0 atom stereocenters. The van der Waals surface area contributed by atoms with Gasteiger partial charge in [0.2, 0.25) is 0 Å². The summed E-state index contributed by atoms with van der Waals surface area (Å²) < 4.78 is 1.63. The maximum Gasteiger partial charge on any atom is 0 e. The molecule has 2 nitrogen and oxygen atoms in total. The number of aliphatic hydroxyl groups is 1. The summed E-state index contributed by atoms with van der Waals surface area (Å²) in [4.78, 5) is 9.62. The topological polar surface area (TPSA) is 37.3 Å². The fourth-order valence-electron chi connectivity index (χ4n) is 0.284. The maximum atomic E-state index is 9.62. The van der Waals surface area contributed by atoms with Crippen molar-refractivity contribution in [2.24, 2.45) is 0 Å². The third-order valence-electron chi connectivity index (χ3n) is 0.667. The van der Waals surface area contributed by atoms with Crippen LogP contribution >= 0.6 is 0 Å². The van der Waals surface area contributed by atoms with E-state index in [9.17, 15) is 4.79 Å². The molecule has 0 aliphatic carbocycles. The molecule has 0 saturated carbocycles. The molecule has 0 heterocycles. The molecule has 0 unspecified atom stereocenters. The van der Waals surface area contributed by atoms with Gasteiger partial charge in [-0.05, 0) is 0 Å². The van der Waals surface area contributed by atoms with Crippen LogP contribution in [0.2, 0.25) is 0 Å². The van der Waals surface area contributed by atoms with Gasteiger partial charge >= 0.3 is 70.3 Å². The zero-order valence-electron chi connectivity index (χ0n) is 6.73. The zero-order valence-corrected chi connectivity index (χ0v) is 18.1. The molecule has 0 rings (SSSR count). The normalized spacial score (nSPS) is 9.08. The number of hydrogen-bond acceptors (Lipinski definition) is 2. The minimum Gasteiger partial charge on any atom is 0 e. The fourth-order valence-corrected chi connectivity index (χ4v) is 0.566. The van der Waals surface area contributed by atoms with Crippen molar-refractivity contribution in [1.29, 1.82) is 0 Å². The van der Waals surface area contributed by atoms with Gasteiger partial charge in [0.05, 0.1) is 0 Å². The van der Waals surface area contributed by atoms with Crippen LogP contribution in [-0.2, 0) is 75.4 Å². The Hall–Kier alpha value is 2.25. The molecule has 66 valence electrons. The molecule has 0 aromatic carbocycles. The van der Waals surface area contributed by atoms with Crippen LogP contribution in [0.25, 0.3) is 0 Å². The van der Waals surface area contributed by atoms with E-state index in [4.69, 9.17) is 5.11 Å². The Balaban J connectivity index is -0.000000135. The molecule has 0 amide bonds. The van der Waals surface area contributed by atoms with Crippen molar-refractivity contribution in [2.45, 2.75) is 6.42 Å². The van der Waals surface area contributed by atoms with Crippen molar-refractivity contribution in [3.05, 3.63) is 24.0 Å². The molecule has 6 heteroatoms. The van der Waals surface area contributed by atoms with Gasteiger partial charge in [0.1, 0.15) is 0 Å². The maximum absolute atomic E-state index is 9.62.